The molecule has 2 aromatic rings. The molecule has 0 spiro atoms. The number of fused-ring (bicyclic) bond motifs is 1. The van der Waals surface area contributed by atoms with E-state index in [2.05, 4.69) is 10.2 Å². The third kappa shape index (κ3) is 7.97. The molecule has 0 unspecified atom stereocenters. The smallest absolute Gasteiger partial charge is 0.410 e. The van der Waals surface area contributed by atoms with Crippen LogP contribution in [0.4, 0.5) is 21.0 Å². The Morgan fingerprint density at radius 3 is 2.20 bits per heavy atom. The van der Waals surface area contributed by atoms with E-state index in [0.29, 0.717) is 70.1 Å². The van der Waals surface area contributed by atoms with E-state index in [4.69, 9.17) is 10.5 Å². The molecule has 12 nitrogen and oxygen atoms in total. The molecule has 4 amide bonds. The van der Waals surface area contributed by atoms with Crippen molar-refractivity contribution in [3.05, 3.63) is 58.7 Å². The van der Waals surface area contributed by atoms with Gasteiger partial charge in [0, 0.05) is 75.7 Å². The van der Waals surface area contributed by atoms with Crippen molar-refractivity contribution in [3.8, 4) is 0 Å². The lowest BCUT2D eigenvalue weighted by Gasteiger charge is -2.44. The fraction of sp³-hybridized carbons (Fsp3) is 0.595. The first-order valence-corrected chi connectivity index (χ1v) is 17.9. The predicted octanol–water partition coefficient (Wildman–Crippen LogP) is 3.30. The standard InChI is InChI=1S/C37H52N6O6/c1-25-21-27(22-26(2)33(25)38)23-32(34(45)41-14-8-29(9-15-41)40-19-12-37(48,24-44)13-20-40)49-36(47)42-16-10-30(11-17-42)43-18-7-28-5-3-4-6-31(28)39-35(43)46/h3-6,21-22,29-30,32,44,48H,7-20,23-24,38H2,1-2H3,(H,39,46)/t32-/m1/s1. The van der Waals surface area contributed by atoms with Crippen LogP contribution in [-0.4, -0.2) is 124 Å². The molecular weight excluding hydrogens is 624 g/mol. The number of ether oxygens (including phenoxy) is 1. The largest absolute Gasteiger partial charge is 0.436 e. The van der Waals surface area contributed by atoms with Crippen molar-refractivity contribution in [3.63, 3.8) is 0 Å². The fourth-order valence-electron chi connectivity index (χ4n) is 7.99. The molecule has 266 valence electrons. The first kappa shape index (κ1) is 35.0. The van der Waals surface area contributed by atoms with Crippen LogP contribution in [0, 0.1) is 13.8 Å². The number of aliphatic hydroxyl groups is 2. The van der Waals surface area contributed by atoms with E-state index in [9.17, 15) is 24.6 Å². The lowest BCUT2D eigenvalue weighted by Crippen LogP contribution is -2.54. The lowest BCUT2D eigenvalue weighted by atomic mass is 9.90. The van der Waals surface area contributed by atoms with Gasteiger partial charge in [-0.3, -0.25) is 4.79 Å². The molecule has 3 saturated heterocycles. The van der Waals surface area contributed by atoms with Gasteiger partial charge in [-0.2, -0.15) is 0 Å². The Kier molecular flexibility index (Phi) is 10.7. The summed E-state index contributed by atoms with van der Waals surface area (Å²) in [5.74, 6) is -0.192. The molecule has 0 aliphatic carbocycles. The molecule has 4 heterocycles. The number of anilines is 2. The number of nitrogen functional groups attached to an aromatic ring is 1. The number of nitrogens with zero attached hydrogens (tertiary/aromatic N) is 4. The van der Waals surface area contributed by atoms with Crippen LogP contribution in [0.2, 0.25) is 0 Å². The van der Waals surface area contributed by atoms with Crippen molar-refractivity contribution in [2.75, 3.05) is 63.5 Å². The first-order chi connectivity index (χ1) is 23.5. The molecule has 2 aromatic carbocycles. The molecule has 6 rings (SSSR count). The molecule has 12 heteroatoms. The topological polar surface area (TPSA) is 152 Å². The van der Waals surface area contributed by atoms with E-state index < -0.39 is 17.8 Å². The number of urea groups is 1. The minimum atomic E-state index is -0.994. The highest BCUT2D eigenvalue weighted by atomic mass is 16.6. The van der Waals surface area contributed by atoms with Gasteiger partial charge in [-0.15, -0.1) is 0 Å². The number of carbonyl (C=O) groups excluding carboxylic acids is 3. The molecule has 0 bridgehead atoms. The number of likely N-dealkylation sites (tertiary alicyclic amines) is 3. The second kappa shape index (κ2) is 14.9. The third-order valence-electron chi connectivity index (χ3n) is 11.2. The minimum absolute atomic E-state index is 0.00940. The minimum Gasteiger partial charge on any atom is -0.436 e. The highest BCUT2D eigenvalue weighted by Crippen LogP contribution is 2.29. The van der Waals surface area contributed by atoms with Gasteiger partial charge in [-0.05, 0) is 87.1 Å². The second-order valence-electron chi connectivity index (χ2n) is 14.4. The second-order valence-corrected chi connectivity index (χ2v) is 14.4. The van der Waals surface area contributed by atoms with Crippen molar-refractivity contribution >= 4 is 29.4 Å². The number of nitrogens with one attached hydrogen (secondary N) is 1. The monoisotopic (exact) mass is 676 g/mol. The van der Waals surface area contributed by atoms with E-state index in [-0.39, 0.29) is 31.0 Å². The number of hydrogen-bond acceptors (Lipinski definition) is 8. The summed E-state index contributed by atoms with van der Waals surface area (Å²) in [5, 5.41) is 23.0. The molecule has 1 atom stereocenters. The molecule has 0 saturated carbocycles. The Hall–Kier alpha value is -3.87. The van der Waals surface area contributed by atoms with Crippen molar-refractivity contribution in [2.24, 2.45) is 0 Å². The van der Waals surface area contributed by atoms with Crippen molar-refractivity contribution in [1.82, 2.24) is 19.6 Å². The van der Waals surface area contributed by atoms with E-state index in [1.807, 2.05) is 60.0 Å². The number of rotatable bonds is 7. The summed E-state index contributed by atoms with van der Waals surface area (Å²) in [7, 11) is 0. The molecule has 5 N–H and O–H groups in total. The van der Waals surface area contributed by atoms with E-state index in [1.54, 1.807) is 4.90 Å². The summed E-state index contributed by atoms with van der Waals surface area (Å²) in [6.45, 7) is 7.72. The number of benzene rings is 2. The van der Waals surface area contributed by atoms with Gasteiger partial charge in [0.25, 0.3) is 5.91 Å². The molecule has 0 aromatic heterocycles. The first-order valence-electron chi connectivity index (χ1n) is 17.9. The van der Waals surface area contributed by atoms with Crippen LogP contribution < -0.4 is 11.1 Å². The van der Waals surface area contributed by atoms with Crippen LogP contribution >= 0.6 is 0 Å². The average Bonchev–Trinajstić information content (AvgIpc) is 3.28. The number of amides is 4. The van der Waals surface area contributed by atoms with E-state index in [1.165, 1.54) is 0 Å². The maximum atomic E-state index is 14.1. The maximum Gasteiger partial charge on any atom is 0.410 e. The number of hydrogen-bond donors (Lipinski definition) is 4. The van der Waals surface area contributed by atoms with Gasteiger partial charge < -0.3 is 45.6 Å². The zero-order valence-corrected chi connectivity index (χ0v) is 28.9. The summed E-state index contributed by atoms with van der Waals surface area (Å²) in [4.78, 5) is 48.5. The highest BCUT2D eigenvalue weighted by Gasteiger charge is 2.38. The number of aliphatic hydroxyl groups excluding tert-OH is 1. The quantitative estimate of drug-likeness (QED) is 0.326. The van der Waals surface area contributed by atoms with Crippen LogP contribution in [0.5, 0.6) is 0 Å². The zero-order chi connectivity index (χ0) is 34.7. The number of aryl methyl sites for hydroxylation is 2. The van der Waals surface area contributed by atoms with Crippen molar-refractivity contribution < 1.29 is 29.3 Å². The fourth-order valence-corrected chi connectivity index (χ4v) is 7.99. The molecule has 3 fully saturated rings. The molecule has 0 radical (unpaired) electrons. The Labute approximate surface area is 289 Å². The summed E-state index contributed by atoms with van der Waals surface area (Å²) >= 11 is 0. The van der Waals surface area contributed by atoms with Gasteiger partial charge in [0.2, 0.25) is 0 Å². The van der Waals surface area contributed by atoms with Gasteiger partial charge in [-0.1, -0.05) is 30.3 Å². The van der Waals surface area contributed by atoms with Crippen LogP contribution in [0.25, 0.3) is 0 Å². The summed E-state index contributed by atoms with van der Waals surface area (Å²) in [6.07, 6.45) is 3.48. The molecule has 49 heavy (non-hydrogen) atoms. The third-order valence-corrected chi connectivity index (χ3v) is 11.2. The normalized spacial score (nSPS) is 21.5. The van der Waals surface area contributed by atoms with Gasteiger partial charge in [0.1, 0.15) is 0 Å². The lowest BCUT2D eigenvalue weighted by molar-refractivity contribution is -0.143. The van der Waals surface area contributed by atoms with Crippen LogP contribution in [-0.2, 0) is 22.4 Å². The summed E-state index contributed by atoms with van der Waals surface area (Å²) in [6, 6.07) is 12.0. The van der Waals surface area contributed by atoms with Crippen LogP contribution in [0.1, 0.15) is 60.8 Å². The summed E-state index contributed by atoms with van der Waals surface area (Å²) < 4.78 is 6.07. The van der Waals surface area contributed by atoms with Crippen LogP contribution in [0.15, 0.2) is 36.4 Å². The van der Waals surface area contributed by atoms with Gasteiger partial charge >= 0.3 is 12.1 Å². The number of nitrogens with two attached hydrogens (primary N) is 1. The van der Waals surface area contributed by atoms with Crippen molar-refractivity contribution in [1.29, 1.82) is 0 Å². The van der Waals surface area contributed by atoms with E-state index in [0.717, 1.165) is 60.3 Å². The van der Waals surface area contributed by atoms with E-state index >= 15 is 0 Å². The Balaban J connectivity index is 1.07. The Bertz CT molecular complexity index is 1490. The number of piperidine rings is 3. The summed E-state index contributed by atoms with van der Waals surface area (Å²) in [5.41, 5.74) is 10.6. The van der Waals surface area contributed by atoms with Gasteiger partial charge in [-0.25, -0.2) is 9.59 Å². The van der Waals surface area contributed by atoms with Gasteiger partial charge in [0.05, 0.1) is 12.2 Å². The van der Waals surface area contributed by atoms with Gasteiger partial charge in [0.15, 0.2) is 6.10 Å². The van der Waals surface area contributed by atoms with Crippen LogP contribution in [0.3, 0.4) is 0 Å². The zero-order valence-electron chi connectivity index (χ0n) is 28.9. The molecule has 4 aliphatic heterocycles. The molecule has 4 aliphatic rings. The Morgan fingerprint density at radius 1 is 0.939 bits per heavy atom. The number of para-hydroxylation sites is 1. The predicted molar refractivity (Wildman–Crippen MR) is 187 cm³/mol. The molecular formula is C37H52N6O6. The SMILES string of the molecule is Cc1cc(C[C@@H](OC(=O)N2CCC(N3CCc4ccccc4NC3=O)CC2)C(=O)N2CCC(N3CCC(O)(CO)CC3)CC2)cc(C)c1N. The van der Waals surface area contributed by atoms with Crippen molar-refractivity contribution in [2.45, 2.75) is 89.0 Å². The maximum absolute atomic E-state index is 14.1. The number of carbonyl (C=O) groups is 3. The Morgan fingerprint density at radius 2 is 1.55 bits per heavy atom. The average molecular weight is 677 g/mol. The highest BCUT2D eigenvalue weighted by molar-refractivity contribution is 5.91.